The highest BCUT2D eigenvalue weighted by Gasteiger charge is 2.10. The normalized spacial score (nSPS) is 11.4. The zero-order chi connectivity index (χ0) is 15.5. The number of nitrogens with one attached hydrogen (secondary N) is 1. The van der Waals surface area contributed by atoms with Crippen LogP contribution in [0.25, 0.3) is 11.0 Å². The van der Waals surface area contributed by atoms with Gasteiger partial charge in [0.15, 0.2) is 0 Å². The molecule has 0 unspecified atom stereocenters. The predicted molar refractivity (Wildman–Crippen MR) is 83.9 cm³/mol. The number of furan rings is 1. The van der Waals surface area contributed by atoms with Gasteiger partial charge in [0.2, 0.25) is 0 Å². The van der Waals surface area contributed by atoms with Crippen LogP contribution in [0.5, 0.6) is 0 Å². The Morgan fingerprint density at radius 2 is 2.32 bits per heavy atom. The molecule has 0 radical (unpaired) electrons. The molecule has 0 aliphatic carbocycles. The van der Waals surface area contributed by atoms with E-state index >= 15 is 0 Å². The molecule has 22 heavy (non-hydrogen) atoms. The molecule has 0 aliphatic heterocycles. The largest absolute Gasteiger partial charge is 0.463 e. The third-order valence-corrected chi connectivity index (χ3v) is 3.42. The van der Waals surface area contributed by atoms with Crippen LogP contribution in [-0.4, -0.2) is 21.7 Å². The first-order valence-corrected chi connectivity index (χ1v) is 7.03. The van der Waals surface area contributed by atoms with Crippen LogP contribution in [0.2, 0.25) is 0 Å². The number of hydrazone groups is 1. The van der Waals surface area contributed by atoms with Gasteiger partial charge in [-0.25, -0.2) is 10.4 Å². The van der Waals surface area contributed by atoms with E-state index in [0.29, 0.717) is 11.3 Å². The van der Waals surface area contributed by atoms with Crippen molar-refractivity contribution < 1.29 is 9.21 Å². The smallest absolute Gasteiger partial charge is 0.271 e. The van der Waals surface area contributed by atoms with E-state index in [4.69, 9.17) is 4.42 Å². The number of nitrogens with zero attached hydrogens (tertiary/aromatic N) is 3. The Morgan fingerprint density at radius 1 is 1.45 bits per heavy atom. The summed E-state index contributed by atoms with van der Waals surface area (Å²) in [5, 5.41) is 3.87. The Balaban J connectivity index is 1.79. The van der Waals surface area contributed by atoms with Gasteiger partial charge >= 0.3 is 0 Å². The number of amides is 1. The fraction of sp³-hybridized carbons (Fsp3) is 0.188. The second-order valence-corrected chi connectivity index (χ2v) is 4.82. The molecule has 3 rings (SSSR count). The molecule has 6 heteroatoms. The lowest BCUT2D eigenvalue weighted by atomic mass is 10.2. The number of carbonyl (C=O) groups is 1. The SMILES string of the molecule is CCn1c(C)nc2cc(C(=O)N/N=C\c3ccco3)ccc21. The maximum atomic E-state index is 12.1. The topological polar surface area (TPSA) is 72.4 Å². The fourth-order valence-corrected chi connectivity index (χ4v) is 2.37. The van der Waals surface area contributed by atoms with Gasteiger partial charge < -0.3 is 8.98 Å². The highest BCUT2D eigenvalue weighted by molar-refractivity contribution is 5.97. The zero-order valence-corrected chi connectivity index (χ0v) is 12.4. The van der Waals surface area contributed by atoms with Crippen LogP contribution in [0.4, 0.5) is 0 Å². The molecule has 0 saturated carbocycles. The predicted octanol–water partition coefficient (Wildman–Crippen LogP) is 2.72. The summed E-state index contributed by atoms with van der Waals surface area (Å²) in [4.78, 5) is 16.6. The number of hydrogen-bond acceptors (Lipinski definition) is 4. The minimum Gasteiger partial charge on any atom is -0.463 e. The van der Waals surface area contributed by atoms with Gasteiger partial charge in [-0.2, -0.15) is 5.10 Å². The number of imidazole rings is 1. The zero-order valence-electron chi connectivity index (χ0n) is 12.4. The van der Waals surface area contributed by atoms with Gasteiger partial charge in [0.1, 0.15) is 11.6 Å². The summed E-state index contributed by atoms with van der Waals surface area (Å²) in [6.45, 7) is 4.87. The van der Waals surface area contributed by atoms with Gasteiger partial charge in [-0.15, -0.1) is 0 Å². The van der Waals surface area contributed by atoms with E-state index in [1.807, 2.05) is 13.0 Å². The molecule has 2 heterocycles. The first kappa shape index (κ1) is 14.1. The van der Waals surface area contributed by atoms with Crippen molar-refractivity contribution in [2.75, 3.05) is 0 Å². The summed E-state index contributed by atoms with van der Waals surface area (Å²) in [5.41, 5.74) is 4.82. The molecule has 1 aromatic carbocycles. The summed E-state index contributed by atoms with van der Waals surface area (Å²) >= 11 is 0. The van der Waals surface area contributed by atoms with E-state index in [1.165, 1.54) is 6.21 Å². The molecule has 1 N–H and O–H groups in total. The number of rotatable bonds is 4. The van der Waals surface area contributed by atoms with E-state index in [1.54, 1.807) is 30.5 Å². The van der Waals surface area contributed by atoms with Crippen LogP contribution < -0.4 is 5.43 Å². The molecule has 0 aliphatic rings. The van der Waals surface area contributed by atoms with Gasteiger partial charge in [0.05, 0.1) is 23.5 Å². The number of aryl methyl sites for hydroxylation is 2. The van der Waals surface area contributed by atoms with Crippen LogP contribution in [-0.2, 0) is 6.54 Å². The van der Waals surface area contributed by atoms with Crippen molar-refractivity contribution in [3.05, 3.63) is 53.7 Å². The Labute approximate surface area is 127 Å². The first-order valence-electron chi connectivity index (χ1n) is 7.03. The van der Waals surface area contributed by atoms with Crippen molar-refractivity contribution >= 4 is 23.2 Å². The third kappa shape index (κ3) is 2.63. The minimum absolute atomic E-state index is 0.284. The number of carbonyl (C=O) groups excluding carboxylic acids is 1. The second-order valence-electron chi connectivity index (χ2n) is 4.82. The first-order chi connectivity index (χ1) is 10.7. The Bertz CT molecular complexity index is 831. The average molecular weight is 296 g/mol. The maximum Gasteiger partial charge on any atom is 0.271 e. The average Bonchev–Trinajstić information content (AvgIpc) is 3.12. The van der Waals surface area contributed by atoms with Crippen LogP contribution >= 0.6 is 0 Å². The van der Waals surface area contributed by atoms with Gasteiger partial charge in [-0.05, 0) is 44.2 Å². The molecule has 6 nitrogen and oxygen atoms in total. The summed E-state index contributed by atoms with van der Waals surface area (Å²) < 4.78 is 7.20. The second kappa shape index (κ2) is 5.85. The molecular formula is C16H16N4O2. The van der Waals surface area contributed by atoms with Gasteiger partial charge in [-0.1, -0.05) is 0 Å². The van der Waals surface area contributed by atoms with E-state index < -0.39 is 0 Å². The standard InChI is InChI=1S/C16H16N4O2/c1-3-20-11(2)18-14-9-12(6-7-15(14)20)16(21)19-17-10-13-5-4-8-22-13/h4-10H,3H2,1-2H3,(H,19,21)/b17-10-. The Kier molecular flexibility index (Phi) is 3.74. The van der Waals surface area contributed by atoms with E-state index in [0.717, 1.165) is 23.4 Å². The molecule has 0 spiro atoms. The molecule has 1 amide bonds. The monoisotopic (exact) mass is 296 g/mol. The van der Waals surface area contributed by atoms with E-state index in [2.05, 4.69) is 27.0 Å². The maximum absolute atomic E-state index is 12.1. The van der Waals surface area contributed by atoms with Gasteiger partial charge in [0, 0.05) is 12.1 Å². The third-order valence-electron chi connectivity index (χ3n) is 3.42. The molecule has 0 bridgehead atoms. The van der Waals surface area contributed by atoms with Crippen molar-refractivity contribution in [2.24, 2.45) is 5.10 Å². The van der Waals surface area contributed by atoms with Crippen molar-refractivity contribution in [3.63, 3.8) is 0 Å². The minimum atomic E-state index is -0.284. The Hall–Kier alpha value is -2.89. The molecule has 0 fully saturated rings. The summed E-state index contributed by atoms with van der Waals surface area (Å²) in [6, 6.07) is 8.95. The van der Waals surface area contributed by atoms with Crippen molar-refractivity contribution in [2.45, 2.75) is 20.4 Å². The van der Waals surface area contributed by atoms with Crippen LogP contribution in [0, 0.1) is 6.92 Å². The lowest BCUT2D eigenvalue weighted by molar-refractivity contribution is 0.0955. The van der Waals surface area contributed by atoms with E-state index in [9.17, 15) is 4.79 Å². The van der Waals surface area contributed by atoms with E-state index in [-0.39, 0.29) is 5.91 Å². The van der Waals surface area contributed by atoms with Crippen LogP contribution in [0.1, 0.15) is 28.9 Å². The van der Waals surface area contributed by atoms with Crippen molar-refractivity contribution in [1.29, 1.82) is 0 Å². The number of fused-ring (bicyclic) bond motifs is 1. The number of aromatic nitrogens is 2. The molecule has 0 atom stereocenters. The molecule has 112 valence electrons. The van der Waals surface area contributed by atoms with Gasteiger partial charge in [-0.3, -0.25) is 4.79 Å². The van der Waals surface area contributed by atoms with Crippen LogP contribution in [0.15, 0.2) is 46.1 Å². The highest BCUT2D eigenvalue weighted by Crippen LogP contribution is 2.17. The quantitative estimate of drug-likeness (QED) is 0.594. The highest BCUT2D eigenvalue weighted by atomic mass is 16.3. The molecule has 2 aromatic heterocycles. The van der Waals surface area contributed by atoms with Crippen molar-refractivity contribution in [3.8, 4) is 0 Å². The fourth-order valence-electron chi connectivity index (χ4n) is 2.37. The lowest BCUT2D eigenvalue weighted by Crippen LogP contribution is -2.17. The van der Waals surface area contributed by atoms with Gasteiger partial charge in [0.25, 0.3) is 5.91 Å². The van der Waals surface area contributed by atoms with Crippen molar-refractivity contribution in [1.82, 2.24) is 15.0 Å². The molecule has 3 aromatic rings. The lowest BCUT2D eigenvalue weighted by Gasteiger charge is -2.02. The molecule has 0 saturated heterocycles. The summed E-state index contributed by atoms with van der Waals surface area (Å²) in [5.74, 6) is 1.23. The number of hydrogen-bond donors (Lipinski definition) is 1. The molecular weight excluding hydrogens is 280 g/mol. The summed E-state index contributed by atoms with van der Waals surface area (Å²) in [6.07, 6.45) is 3.00. The number of benzene rings is 1. The van der Waals surface area contributed by atoms with Crippen LogP contribution in [0.3, 0.4) is 0 Å². The Morgan fingerprint density at radius 3 is 3.05 bits per heavy atom. The summed E-state index contributed by atoms with van der Waals surface area (Å²) in [7, 11) is 0.